The van der Waals surface area contributed by atoms with Gasteiger partial charge in [0.15, 0.2) is 0 Å². The molecule has 11 heteroatoms. The highest BCUT2D eigenvalue weighted by Gasteiger charge is 2.14. The fourth-order valence-corrected chi connectivity index (χ4v) is 3.17. The summed E-state index contributed by atoms with van der Waals surface area (Å²) in [6, 6.07) is 17.8. The van der Waals surface area contributed by atoms with Crippen molar-refractivity contribution in [3.63, 3.8) is 0 Å². The lowest BCUT2D eigenvalue weighted by atomic mass is 10.2. The van der Waals surface area contributed by atoms with Gasteiger partial charge >= 0.3 is 0 Å². The molecular formula is C20H19N5O5S. The molecule has 10 nitrogen and oxygen atoms in total. The first-order valence-electron chi connectivity index (χ1n) is 8.88. The molecule has 0 saturated carbocycles. The van der Waals surface area contributed by atoms with E-state index in [1.807, 2.05) is 12.1 Å². The second-order valence-electron chi connectivity index (χ2n) is 6.01. The highest BCUT2D eigenvalue weighted by atomic mass is 32.2. The van der Waals surface area contributed by atoms with E-state index in [1.54, 1.807) is 43.5 Å². The molecule has 0 radical (unpaired) electrons. The first-order chi connectivity index (χ1) is 14.9. The molecule has 0 aliphatic carbocycles. The molecule has 3 rings (SSSR count). The third-order valence-electron chi connectivity index (χ3n) is 4.01. The Balaban J connectivity index is 1.79. The molecule has 0 aromatic heterocycles. The van der Waals surface area contributed by atoms with Crippen molar-refractivity contribution in [3.8, 4) is 11.5 Å². The quantitative estimate of drug-likeness (QED) is 0.270. The summed E-state index contributed by atoms with van der Waals surface area (Å²) in [6.45, 7) is 0. The monoisotopic (exact) mass is 441 g/mol. The van der Waals surface area contributed by atoms with Crippen molar-refractivity contribution in [3.05, 3.63) is 66.7 Å². The van der Waals surface area contributed by atoms with Gasteiger partial charge in [-0.05, 0) is 36.4 Å². The summed E-state index contributed by atoms with van der Waals surface area (Å²) >= 11 is 0. The van der Waals surface area contributed by atoms with Gasteiger partial charge in [-0.2, -0.15) is 13.5 Å². The first kappa shape index (κ1) is 21.9. The van der Waals surface area contributed by atoms with Gasteiger partial charge in [0.2, 0.25) is 0 Å². The van der Waals surface area contributed by atoms with E-state index in [9.17, 15) is 13.0 Å². The van der Waals surface area contributed by atoms with Crippen molar-refractivity contribution < 1.29 is 22.4 Å². The third-order valence-corrected chi connectivity index (χ3v) is 4.92. The Morgan fingerprint density at radius 3 is 2.19 bits per heavy atom. The molecule has 31 heavy (non-hydrogen) atoms. The van der Waals surface area contributed by atoms with Crippen molar-refractivity contribution in [1.29, 1.82) is 0 Å². The van der Waals surface area contributed by atoms with Crippen molar-refractivity contribution in [2.45, 2.75) is 4.90 Å². The minimum Gasteiger partial charge on any atom is -0.494 e. The minimum atomic E-state index is -4.42. The van der Waals surface area contributed by atoms with Crippen LogP contribution >= 0.6 is 0 Å². The topological polar surface area (TPSA) is 134 Å². The summed E-state index contributed by atoms with van der Waals surface area (Å²) in [5.74, 6) is 0.999. The standard InChI is InChI=1S/C20H19N5O5S/c1-29-18-9-5-3-7-15(18)23-25-24-16-12-11-14(13-19(16)30-2)21-22-17-8-4-6-10-20(17)31(26,27)28/h3-13H,1-2H3,(H,23,24)(H,26,27,28)/b22-21+. The number of anilines is 1. The molecule has 0 saturated heterocycles. The number of nitrogens with one attached hydrogen (secondary N) is 1. The van der Waals surface area contributed by atoms with Crippen LogP contribution in [0.15, 0.2) is 92.2 Å². The number of ether oxygens (including phenoxy) is 2. The lowest BCUT2D eigenvalue weighted by Crippen LogP contribution is -1.97. The predicted molar refractivity (Wildman–Crippen MR) is 115 cm³/mol. The Hall–Kier alpha value is -3.83. The van der Waals surface area contributed by atoms with E-state index in [0.717, 1.165) is 0 Å². The van der Waals surface area contributed by atoms with E-state index in [-0.39, 0.29) is 10.6 Å². The molecule has 0 spiro atoms. The fraction of sp³-hybridized carbons (Fsp3) is 0.100. The van der Waals surface area contributed by atoms with E-state index in [0.29, 0.717) is 28.6 Å². The Labute approximate surface area is 179 Å². The molecule has 0 unspecified atom stereocenters. The highest BCUT2D eigenvalue weighted by molar-refractivity contribution is 7.86. The van der Waals surface area contributed by atoms with Crippen molar-refractivity contribution in [2.75, 3.05) is 19.6 Å². The van der Waals surface area contributed by atoms with Crippen LogP contribution in [0.2, 0.25) is 0 Å². The zero-order chi connectivity index (χ0) is 22.3. The van der Waals surface area contributed by atoms with Gasteiger partial charge in [0.1, 0.15) is 27.8 Å². The number of benzene rings is 3. The Kier molecular flexibility index (Phi) is 6.90. The maximum atomic E-state index is 11.5. The zero-order valence-corrected chi connectivity index (χ0v) is 17.4. The maximum Gasteiger partial charge on any atom is 0.296 e. The summed E-state index contributed by atoms with van der Waals surface area (Å²) in [6.07, 6.45) is 0. The second-order valence-corrected chi connectivity index (χ2v) is 7.40. The van der Waals surface area contributed by atoms with Crippen LogP contribution < -0.4 is 14.9 Å². The predicted octanol–water partition coefficient (Wildman–Crippen LogP) is 5.48. The Morgan fingerprint density at radius 1 is 0.806 bits per heavy atom. The van der Waals surface area contributed by atoms with E-state index in [1.165, 1.54) is 25.3 Å². The Morgan fingerprint density at radius 2 is 1.48 bits per heavy atom. The van der Waals surface area contributed by atoms with Crippen molar-refractivity contribution >= 4 is 32.9 Å². The molecule has 0 amide bonds. The van der Waals surface area contributed by atoms with E-state index >= 15 is 0 Å². The van der Waals surface area contributed by atoms with E-state index in [2.05, 4.69) is 26.0 Å². The molecular weight excluding hydrogens is 422 g/mol. The smallest absolute Gasteiger partial charge is 0.296 e. The van der Waals surface area contributed by atoms with E-state index < -0.39 is 10.1 Å². The number of methoxy groups -OCH3 is 2. The Bertz CT molecular complexity index is 1230. The van der Waals surface area contributed by atoms with E-state index in [4.69, 9.17) is 9.47 Å². The van der Waals surface area contributed by atoms with Crippen LogP contribution in [0.25, 0.3) is 0 Å². The number of hydrogen-bond donors (Lipinski definition) is 2. The molecule has 0 aliphatic heterocycles. The zero-order valence-electron chi connectivity index (χ0n) is 16.6. The summed E-state index contributed by atoms with van der Waals surface area (Å²) in [4.78, 5) is -0.333. The van der Waals surface area contributed by atoms with Crippen LogP contribution in [0, 0.1) is 0 Å². The third kappa shape index (κ3) is 5.62. The van der Waals surface area contributed by atoms with Crippen molar-refractivity contribution in [2.24, 2.45) is 20.6 Å². The van der Waals surface area contributed by atoms with Gasteiger partial charge in [0.25, 0.3) is 10.1 Å². The molecule has 0 fully saturated rings. The molecule has 0 heterocycles. The number of azo groups is 1. The van der Waals surface area contributed by atoms with Gasteiger partial charge in [-0.1, -0.05) is 29.5 Å². The van der Waals surface area contributed by atoms with Gasteiger partial charge < -0.3 is 9.47 Å². The van der Waals surface area contributed by atoms with Crippen LogP contribution in [0.1, 0.15) is 0 Å². The first-order valence-corrected chi connectivity index (χ1v) is 10.3. The van der Waals surface area contributed by atoms with Gasteiger partial charge in [-0.3, -0.25) is 9.98 Å². The minimum absolute atomic E-state index is 0.0109. The normalized spacial score (nSPS) is 11.7. The largest absolute Gasteiger partial charge is 0.494 e. The lowest BCUT2D eigenvalue weighted by Gasteiger charge is -2.08. The van der Waals surface area contributed by atoms with Gasteiger partial charge in [-0.15, -0.1) is 10.2 Å². The molecule has 2 N–H and O–H groups in total. The van der Waals surface area contributed by atoms with Crippen LogP contribution in [0.3, 0.4) is 0 Å². The summed E-state index contributed by atoms with van der Waals surface area (Å²) in [7, 11) is -1.39. The SMILES string of the molecule is COc1ccccc1/N=N/Nc1ccc(/N=N/c2ccccc2S(=O)(=O)O)cc1OC. The van der Waals surface area contributed by atoms with Crippen LogP contribution in [-0.4, -0.2) is 27.2 Å². The van der Waals surface area contributed by atoms with Crippen LogP contribution in [-0.2, 0) is 10.1 Å². The number of hydrogen-bond acceptors (Lipinski definition) is 8. The number of nitrogens with zero attached hydrogens (tertiary/aromatic N) is 4. The second kappa shape index (κ2) is 9.78. The van der Waals surface area contributed by atoms with Gasteiger partial charge in [0.05, 0.1) is 25.6 Å². The highest BCUT2D eigenvalue weighted by Crippen LogP contribution is 2.32. The number of rotatable bonds is 8. The van der Waals surface area contributed by atoms with Crippen LogP contribution in [0.4, 0.5) is 22.7 Å². The lowest BCUT2D eigenvalue weighted by molar-refractivity contribution is 0.415. The molecule has 0 aliphatic rings. The summed E-state index contributed by atoms with van der Waals surface area (Å²) < 4.78 is 42.8. The molecule has 160 valence electrons. The molecule has 0 bridgehead atoms. The molecule has 3 aromatic carbocycles. The number of para-hydroxylation sites is 1. The summed E-state index contributed by atoms with van der Waals surface area (Å²) in [5.41, 5.74) is 4.28. The average molecular weight is 441 g/mol. The van der Waals surface area contributed by atoms with Crippen molar-refractivity contribution in [1.82, 2.24) is 0 Å². The van der Waals surface area contributed by atoms with Gasteiger partial charge in [-0.25, -0.2) is 0 Å². The average Bonchev–Trinajstić information content (AvgIpc) is 2.78. The molecule has 3 aromatic rings. The maximum absolute atomic E-state index is 11.5. The summed E-state index contributed by atoms with van der Waals surface area (Å²) in [5, 5.41) is 16.0. The van der Waals surface area contributed by atoms with Crippen LogP contribution in [0.5, 0.6) is 11.5 Å². The van der Waals surface area contributed by atoms with Gasteiger partial charge in [0, 0.05) is 6.07 Å². The molecule has 0 atom stereocenters. The fourth-order valence-electron chi connectivity index (χ4n) is 2.55.